The third-order valence-electron chi connectivity index (χ3n) is 6.14. The summed E-state index contributed by atoms with van der Waals surface area (Å²) in [5, 5.41) is 9.87. The standard InChI is InChI=1S/C25H29NO7/c1-30-14-32-22-12-23(33-15-31-2)20(11-19(22)17-8-9-17)24(27)26-13-18(10-21(26)25(28)29)16-6-4-3-5-7-16/h3-7,11-12,17-18,21H,8-10,13-15H2,1-2H3,(H,28,29)/t18-,21+/m0/s1. The van der Waals surface area contributed by atoms with Gasteiger partial charge in [-0.15, -0.1) is 0 Å². The van der Waals surface area contributed by atoms with E-state index in [1.54, 1.807) is 19.2 Å². The molecule has 2 aromatic rings. The number of carbonyl (C=O) groups is 2. The first-order valence-corrected chi connectivity index (χ1v) is 11.0. The fourth-order valence-electron chi connectivity index (χ4n) is 4.36. The molecule has 1 heterocycles. The summed E-state index contributed by atoms with van der Waals surface area (Å²) in [6.45, 7) is 0.342. The van der Waals surface area contributed by atoms with Gasteiger partial charge in [0, 0.05) is 32.7 Å². The van der Waals surface area contributed by atoms with E-state index < -0.39 is 12.0 Å². The molecule has 8 nitrogen and oxygen atoms in total. The molecule has 1 N–H and O–H groups in total. The number of nitrogens with zero attached hydrogens (tertiary/aromatic N) is 1. The summed E-state index contributed by atoms with van der Waals surface area (Å²) in [7, 11) is 3.04. The zero-order valence-electron chi connectivity index (χ0n) is 18.9. The van der Waals surface area contributed by atoms with E-state index in [0.717, 1.165) is 24.0 Å². The average molecular weight is 456 g/mol. The second kappa shape index (κ2) is 10.2. The van der Waals surface area contributed by atoms with Crippen molar-refractivity contribution < 1.29 is 33.6 Å². The highest BCUT2D eigenvalue weighted by Crippen LogP contribution is 2.47. The van der Waals surface area contributed by atoms with E-state index in [2.05, 4.69) is 0 Å². The monoisotopic (exact) mass is 455 g/mol. The van der Waals surface area contributed by atoms with E-state index in [1.165, 1.54) is 12.0 Å². The van der Waals surface area contributed by atoms with Crippen molar-refractivity contribution in [3.8, 4) is 11.5 Å². The van der Waals surface area contributed by atoms with Crippen LogP contribution in [0.25, 0.3) is 0 Å². The van der Waals surface area contributed by atoms with E-state index in [-0.39, 0.29) is 25.4 Å². The molecule has 0 aromatic heterocycles. The molecule has 2 fully saturated rings. The summed E-state index contributed by atoms with van der Waals surface area (Å²) in [4.78, 5) is 27.2. The molecule has 1 amide bonds. The molecule has 0 bridgehead atoms. The number of hydrogen-bond donors (Lipinski definition) is 1. The molecule has 2 aromatic carbocycles. The Hall–Kier alpha value is -3.10. The number of amides is 1. The van der Waals surface area contributed by atoms with Crippen LogP contribution in [-0.4, -0.2) is 62.3 Å². The van der Waals surface area contributed by atoms with Gasteiger partial charge in [-0.25, -0.2) is 4.79 Å². The van der Waals surface area contributed by atoms with Crippen molar-refractivity contribution in [3.63, 3.8) is 0 Å². The van der Waals surface area contributed by atoms with E-state index in [0.29, 0.717) is 35.9 Å². The maximum absolute atomic E-state index is 13.7. The number of ether oxygens (including phenoxy) is 4. The van der Waals surface area contributed by atoms with Crippen LogP contribution < -0.4 is 9.47 Å². The minimum absolute atomic E-state index is 0.0493. The molecule has 8 heteroatoms. The lowest BCUT2D eigenvalue weighted by molar-refractivity contribution is -0.141. The Labute approximate surface area is 193 Å². The van der Waals surface area contributed by atoms with E-state index >= 15 is 0 Å². The van der Waals surface area contributed by atoms with Gasteiger partial charge in [-0.2, -0.15) is 0 Å². The molecule has 0 radical (unpaired) electrons. The first kappa shape index (κ1) is 23.1. The summed E-state index contributed by atoms with van der Waals surface area (Å²) in [6.07, 6.45) is 2.38. The van der Waals surface area contributed by atoms with Crippen molar-refractivity contribution in [1.82, 2.24) is 4.90 Å². The Kier molecular flexibility index (Phi) is 7.15. The van der Waals surface area contributed by atoms with Crippen molar-refractivity contribution in [1.29, 1.82) is 0 Å². The molecule has 4 rings (SSSR count). The SMILES string of the molecule is COCOc1cc(OCOC)c(C2CC2)cc1C(=O)N1C[C@@H](c2ccccc2)C[C@@H]1C(=O)O. The summed E-state index contributed by atoms with van der Waals surface area (Å²) in [6, 6.07) is 12.3. The minimum atomic E-state index is -1.01. The fraction of sp³-hybridized carbons (Fsp3) is 0.440. The topological polar surface area (TPSA) is 94.5 Å². The van der Waals surface area contributed by atoms with Crippen molar-refractivity contribution in [2.45, 2.75) is 37.1 Å². The van der Waals surface area contributed by atoms with Crippen molar-refractivity contribution in [2.24, 2.45) is 0 Å². The third kappa shape index (κ3) is 5.12. The van der Waals surface area contributed by atoms with Crippen LogP contribution in [0, 0.1) is 0 Å². The van der Waals surface area contributed by atoms with Crippen LogP contribution in [0.3, 0.4) is 0 Å². The molecule has 1 saturated heterocycles. The van der Waals surface area contributed by atoms with Gasteiger partial charge in [0.1, 0.15) is 17.5 Å². The lowest BCUT2D eigenvalue weighted by Crippen LogP contribution is -2.40. The van der Waals surface area contributed by atoms with Crippen molar-refractivity contribution >= 4 is 11.9 Å². The molecule has 0 unspecified atom stereocenters. The molecular formula is C25H29NO7. The zero-order chi connectivity index (χ0) is 23.4. The van der Waals surface area contributed by atoms with E-state index in [9.17, 15) is 14.7 Å². The fourth-order valence-corrected chi connectivity index (χ4v) is 4.36. The Bertz CT molecular complexity index is 990. The van der Waals surface area contributed by atoms with Gasteiger partial charge in [-0.05, 0) is 42.4 Å². The van der Waals surface area contributed by atoms with E-state index in [4.69, 9.17) is 18.9 Å². The van der Waals surface area contributed by atoms with Crippen LogP contribution in [0.1, 0.15) is 52.6 Å². The minimum Gasteiger partial charge on any atom is -0.480 e. The highest BCUT2D eigenvalue weighted by atomic mass is 16.7. The first-order valence-electron chi connectivity index (χ1n) is 11.0. The molecule has 176 valence electrons. The van der Waals surface area contributed by atoms with Gasteiger partial charge in [0.2, 0.25) is 0 Å². The van der Waals surface area contributed by atoms with E-state index in [1.807, 2.05) is 30.3 Å². The predicted molar refractivity (Wildman–Crippen MR) is 120 cm³/mol. The summed E-state index contributed by atoms with van der Waals surface area (Å²) < 4.78 is 21.5. The number of methoxy groups -OCH3 is 2. The number of likely N-dealkylation sites (tertiary alicyclic amines) is 1. The summed E-state index contributed by atoms with van der Waals surface area (Å²) >= 11 is 0. The first-order chi connectivity index (χ1) is 16.0. The quantitative estimate of drug-likeness (QED) is 0.547. The number of carbonyl (C=O) groups excluding carboxylic acids is 1. The molecule has 1 aliphatic heterocycles. The molecule has 0 spiro atoms. The highest BCUT2D eigenvalue weighted by molar-refractivity contribution is 6.00. The zero-order valence-corrected chi connectivity index (χ0v) is 18.9. The largest absolute Gasteiger partial charge is 0.480 e. The Balaban J connectivity index is 1.68. The number of rotatable bonds is 10. The number of hydrogen-bond acceptors (Lipinski definition) is 6. The smallest absolute Gasteiger partial charge is 0.326 e. The molecule has 2 aliphatic rings. The lowest BCUT2D eigenvalue weighted by atomic mass is 9.96. The van der Waals surface area contributed by atoms with Crippen LogP contribution in [0.4, 0.5) is 0 Å². The van der Waals surface area contributed by atoms with Gasteiger partial charge in [0.15, 0.2) is 13.6 Å². The van der Waals surface area contributed by atoms with Gasteiger partial charge in [0.25, 0.3) is 5.91 Å². The molecular weight excluding hydrogens is 426 g/mol. The summed E-state index contributed by atoms with van der Waals surface area (Å²) in [5.41, 5.74) is 2.25. The second-order valence-electron chi connectivity index (χ2n) is 8.42. The maximum Gasteiger partial charge on any atom is 0.326 e. The Morgan fingerprint density at radius 1 is 0.970 bits per heavy atom. The second-order valence-corrected chi connectivity index (χ2v) is 8.42. The third-order valence-corrected chi connectivity index (χ3v) is 6.14. The number of carboxylic acids is 1. The van der Waals surface area contributed by atoms with Gasteiger partial charge in [-0.1, -0.05) is 30.3 Å². The van der Waals surface area contributed by atoms with Gasteiger partial charge < -0.3 is 29.0 Å². The highest BCUT2D eigenvalue weighted by Gasteiger charge is 2.41. The molecule has 2 atom stereocenters. The maximum atomic E-state index is 13.7. The molecule has 33 heavy (non-hydrogen) atoms. The Morgan fingerprint density at radius 2 is 1.64 bits per heavy atom. The number of benzene rings is 2. The summed E-state index contributed by atoms with van der Waals surface area (Å²) in [5.74, 6) is -0.238. The number of aliphatic carboxylic acids is 1. The van der Waals surface area contributed by atoms with Crippen LogP contribution >= 0.6 is 0 Å². The average Bonchev–Trinajstić information content (AvgIpc) is 3.58. The van der Waals surface area contributed by atoms with Crippen molar-refractivity contribution in [2.75, 3.05) is 34.4 Å². The van der Waals surface area contributed by atoms with Crippen LogP contribution in [0.5, 0.6) is 11.5 Å². The molecule has 1 saturated carbocycles. The van der Waals surface area contributed by atoms with Gasteiger partial charge >= 0.3 is 5.97 Å². The normalized spacial score (nSPS) is 20.0. The lowest BCUT2D eigenvalue weighted by Gasteiger charge is -2.24. The predicted octanol–water partition coefficient (Wildman–Crippen LogP) is 3.61. The Morgan fingerprint density at radius 3 is 2.24 bits per heavy atom. The number of carboxylic acid groups (broad SMARTS) is 1. The van der Waals surface area contributed by atoms with Crippen LogP contribution in [-0.2, 0) is 14.3 Å². The van der Waals surface area contributed by atoms with Gasteiger partial charge in [0.05, 0.1) is 5.56 Å². The van der Waals surface area contributed by atoms with Gasteiger partial charge in [-0.3, -0.25) is 4.79 Å². The van der Waals surface area contributed by atoms with Crippen molar-refractivity contribution in [3.05, 3.63) is 59.2 Å². The van der Waals surface area contributed by atoms with Crippen LogP contribution in [0.15, 0.2) is 42.5 Å². The van der Waals surface area contributed by atoms with Crippen LogP contribution in [0.2, 0.25) is 0 Å². The molecule has 1 aliphatic carbocycles.